The minimum atomic E-state index is -3.82. The van der Waals surface area contributed by atoms with Gasteiger partial charge >= 0.3 is 0 Å². The predicted molar refractivity (Wildman–Crippen MR) is 76.6 cm³/mol. The van der Waals surface area contributed by atoms with E-state index < -0.39 is 21.9 Å². The molecule has 0 aliphatic carbocycles. The van der Waals surface area contributed by atoms with E-state index in [0.717, 1.165) is 31.4 Å². The number of benzene rings is 1. The molecule has 0 spiro atoms. The number of nitrogens with one attached hydrogen (secondary N) is 1. The Labute approximate surface area is 124 Å². The van der Waals surface area contributed by atoms with Crippen LogP contribution in [0.5, 0.6) is 0 Å². The smallest absolute Gasteiger partial charge is 0.241 e. The summed E-state index contributed by atoms with van der Waals surface area (Å²) >= 11 is 0. The first-order valence-electron chi connectivity index (χ1n) is 6.97. The van der Waals surface area contributed by atoms with Gasteiger partial charge in [-0.05, 0) is 50.5 Å². The fourth-order valence-electron chi connectivity index (χ4n) is 2.35. The molecule has 1 aromatic rings. The Bertz CT molecular complexity index is 595. The first-order valence-corrected chi connectivity index (χ1v) is 8.45. The van der Waals surface area contributed by atoms with Crippen molar-refractivity contribution < 1.29 is 17.6 Å². The third kappa shape index (κ3) is 4.01. The second-order valence-electron chi connectivity index (χ2n) is 5.18. The third-order valence-electron chi connectivity index (χ3n) is 3.49. The molecule has 116 valence electrons. The molecule has 2 rings (SSSR count). The summed E-state index contributed by atoms with van der Waals surface area (Å²) in [5, 5.41) is 0. The molecule has 1 aliphatic heterocycles. The Kier molecular flexibility index (Phi) is 4.95. The number of amides is 1. The highest BCUT2D eigenvalue weighted by molar-refractivity contribution is 7.89. The second-order valence-corrected chi connectivity index (χ2v) is 6.90. The van der Waals surface area contributed by atoms with Crippen molar-refractivity contribution in [3.63, 3.8) is 0 Å². The number of carbonyl (C=O) groups is 1. The van der Waals surface area contributed by atoms with E-state index in [4.69, 9.17) is 0 Å². The third-order valence-corrected chi connectivity index (χ3v) is 5.05. The van der Waals surface area contributed by atoms with Crippen LogP contribution in [0.1, 0.15) is 26.2 Å². The van der Waals surface area contributed by atoms with E-state index >= 15 is 0 Å². The highest BCUT2D eigenvalue weighted by Crippen LogP contribution is 2.13. The zero-order valence-corrected chi connectivity index (χ0v) is 12.7. The normalized spacial score (nSPS) is 17.5. The summed E-state index contributed by atoms with van der Waals surface area (Å²) in [5.74, 6) is -0.730. The van der Waals surface area contributed by atoms with E-state index in [1.165, 1.54) is 19.1 Å². The van der Waals surface area contributed by atoms with Gasteiger partial charge in [-0.25, -0.2) is 12.8 Å². The van der Waals surface area contributed by atoms with Crippen molar-refractivity contribution >= 4 is 15.9 Å². The lowest BCUT2D eigenvalue weighted by atomic mass is 10.1. The van der Waals surface area contributed by atoms with Gasteiger partial charge in [0.2, 0.25) is 15.9 Å². The molecule has 1 aromatic carbocycles. The molecule has 1 heterocycles. The topological polar surface area (TPSA) is 66.5 Å². The van der Waals surface area contributed by atoms with Crippen molar-refractivity contribution in [3.8, 4) is 0 Å². The fraction of sp³-hybridized carbons (Fsp3) is 0.500. The van der Waals surface area contributed by atoms with Gasteiger partial charge in [0, 0.05) is 13.1 Å². The van der Waals surface area contributed by atoms with Crippen LogP contribution in [0.15, 0.2) is 29.2 Å². The number of piperidine rings is 1. The van der Waals surface area contributed by atoms with Crippen molar-refractivity contribution in [1.82, 2.24) is 9.62 Å². The average molecular weight is 314 g/mol. The molecule has 1 amide bonds. The summed E-state index contributed by atoms with van der Waals surface area (Å²) in [7, 11) is -3.82. The molecule has 1 saturated heterocycles. The summed E-state index contributed by atoms with van der Waals surface area (Å²) in [5.41, 5.74) is 0. The molecule has 21 heavy (non-hydrogen) atoms. The van der Waals surface area contributed by atoms with Gasteiger partial charge in [0.25, 0.3) is 0 Å². The van der Waals surface area contributed by atoms with Crippen molar-refractivity contribution in [2.24, 2.45) is 0 Å². The number of hydrogen-bond donors (Lipinski definition) is 1. The van der Waals surface area contributed by atoms with E-state index in [1.807, 2.05) is 0 Å². The molecule has 1 fully saturated rings. The van der Waals surface area contributed by atoms with Crippen LogP contribution in [0.4, 0.5) is 4.39 Å². The Morgan fingerprint density at radius 1 is 1.19 bits per heavy atom. The number of sulfonamides is 1. The Morgan fingerprint density at radius 2 is 1.76 bits per heavy atom. The molecule has 0 aromatic heterocycles. The molecule has 0 saturated carbocycles. The van der Waals surface area contributed by atoms with Crippen LogP contribution in [0.25, 0.3) is 0 Å². The molecule has 1 aliphatic rings. The summed E-state index contributed by atoms with van der Waals surface area (Å²) in [6.45, 7) is 2.86. The molecular formula is C14H19FN2O3S. The van der Waals surface area contributed by atoms with Crippen LogP contribution in [-0.4, -0.2) is 38.4 Å². The van der Waals surface area contributed by atoms with Crippen LogP contribution in [0.3, 0.4) is 0 Å². The lowest BCUT2D eigenvalue weighted by molar-refractivity contribution is -0.133. The van der Waals surface area contributed by atoms with Gasteiger partial charge in [-0.3, -0.25) is 4.79 Å². The number of likely N-dealkylation sites (tertiary alicyclic amines) is 1. The standard InChI is InChI=1S/C14H19FN2O3S/c1-11(14(18)17-9-3-2-4-10-17)16-21(19,20)13-7-5-12(15)6-8-13/h5-8,11,16H,2-4,9-10H2,1H3/t11-/m1/s1. The van der Waals surface area contributed by atoms with Crippen LogP contribution in [0.2, 0.25) is 0 Å². The minimum Gasteiger partial charge on any atom is -0.341 e. The number of rotatable bonds is 4. The Morgan fingerprint density at radius 3 is 2.33 bits per heavy atom. The Hall–Kier alpha value is -1.47. The Balaban J connectivity index is 2.05. The van der Waals surface area contributed by atoms with Gasteiger partial charge in [-0.1, -0.05) is 0 Å². The van der Waals surface area contributed by atoms with Crippen LogP contribution in [-0.2, 0) is 14.8 Å². The van der Waals surface area contributed by atoms with E-state index in [0.29, 0.717) is 13.1 Å². The highest BCUT2D eigenvalue weighted by Gasteiger charge is 2.26. The van der Waals surface area contributed by atoms with Gasteiger partial charge in [-0.2, -0.15) is 4.72 Å². The average Bonchev–Trinajstić information content (AvgIpc) is 2.47. The largest absolute Gasteiger partial charge is 0.341 e. The SMILES string of the molecule is C[C@@H](NS(=O)(=O)c1ccc(F)cc1)C(=O)N1CCCCC1. The summed E-state index contributed by atoms with van der Waals surface area (Å²) < 4.78 is 39.5. The minimum absolute atomic E-state index is 0.0535. The molecule has 1 N–H and O–H groups in total. The maximum atomic E-state index is 12.8. The second kappa shape index (κ2) is 6.53. The van der Waals surface area contributed by atoms with Gasteiger partial charge in [0.15, 0.2) is 0 Å². The molecule has 0 bridgehead atoms. The predicted octanol–water partition coefficient (Wildman–Crippen LogP) is 1.51. The maximum absolute atomic E-state index is 12.8. The summed E-state index contributed by atoms with van der Waals surface area (Å²) in [4.78, 5) is 13.8. The van der Waals surface area contributed by atoms with Crippen molar-refractivity contribution in [3.05, 3.63) is 30.1 Å². The van der Waals surface area contributed by atoms with Gasteiger partial charge in [0.05, 0.1) is 10.9 Å². The number of nitrogens with zero attached hydrogens (tertiary/aromatic N) is 1. The number of halogens is 1. The van der Waals surface area contributed by atoms with E-state index in [2.05, 4.69) is 4.72 Å². The quantitative estimate of drug-likeness (QED) is 0.916. The molecular weight excluding hydrogens is 295 g/mol. The number of carbonyl (C=O) groups excluding carboxylic acids is 1. The van der Waals surface area contributed by atoms with E-state index in [1.54, 1.807) is 4.90 Å². The van der Waals surface area contributed by atoms with Crippen molar-refractivity contribution in [2.75, 3.05) is 13.1 Å². The van der Waals surface area contributed by atoms with Crippen LogP contribution >= 0.6 is 0 Å². The first kappa shape index (κ1) is 15.9. The first-order chi connectivity index (χ1) is 9.90. The van der Waals surface area contributed by atoms with Crippen LogP contribution in [0, 0.1) is 5.82 Å². The maximum Gasteiger partial charge on any atom is 0.241 e. The zero-order valence-electron chi connectivity index (χ0n) is 11.9. The van der Waals surface area contributed by atoms with Gasteiger partial charge < -0.3 is 4.90 Å². The van der Waals surface area contributed by atoms with Crippen LogP contribution < -0.4 is 4.72 Å². The lowest BCUT2D eigenvalue weighted by Crippen LogP contribution is -2.48. The lowest BCUT2D eigenvalue weighted by Gasteiger charge is -2.29. The molecule has 0 unspecified atom stereocenters. The summed E-state index contributed by atoms with van der Waals surface area (Å²) in [6.07, 6.45) is 2.99. The molecule has 7 heteroatoms. The zero-order chi connectivity index (χ0) is 15.5. The van der Waals surface area contributed by atoms with E-state index in [9.17, 15) is 17.6 Å². The molecule has 5 nitrogen and oxygen atoms in total. The van der Waals surface area contributed by atoms with Crippen molar-refractivity contribution in [2.45, 2.75) is 37.1 Å². The summed E-state index contributed by atoms with van der Waals surface area (Å²) in [6, 6.07) is 3.67. The molecule has 1 atom stereocenters. The number of hydrogen-bond acceptors (Lipinski definition) is 3. The van der Waals surface area contributed by atoms with Crippen molar-refractivity contribution in [1.29, 1.82) is 0 Å². The molecule has 0 radical (unpaired) electrons. The highest BCUT2D eigenvalue weighted by atomic mass is 32.2. The monoisotopic (exact) mass is 314 g/mol. The van der Waals surface area contributed by atoms with E-state index in [-0.39, 0.29) is 10.8 Å². The van der Waals surface area contributed by atoms with Gasteiger partial charge in [-0.15, -0.1) is 0 Å². The fourth-order valence-corrected chi connectivity index (χ4v) is 3.55. The van der Waals surface area contributed by atoms with Gasteiger partial charge in [0.1, 0.15) is 5.82 Å².